The molecule has 9 rings (SSSR count). The monoisotopic (exact) mass is 1050 g/mol. The number of hydrogen-bond donors (Lipinski definition) is 0. The molecule has 4 nitrogen and oxygen atoms in total. The fourth-order valence-corrected chi connectivity index (χ4v) is 24.8. The van der Waals surface area contributed by atoms with Gasteiger partial charge in [-0.15, -0.1) is 45.3 Å². The largest absolute Gasteiger partial charge is 0.206 e. The maximum absolute atomic E-state index is 16.9. The number of aromatic nitrogens is 4. The lowest BCUT2D eigenvalue weighted by Crippen LogP contribution is -2.56. The standard InChI is InChI=1S/C56H68F2N4S6Si/c1-7-13-17-19-23-37-25-27-43(63-37)49-41(57)29-39(51-53(49)61-67-59-51)45-31-47-55(65-45)56-48(69(47,33-35(11-5)21-15-9-3)34-36(12-6)22-16-10-4)32-46(66-56)40-30-42(58)50(54-52(40)60-68-62-54)44-28-26-38(64-44)24-20-18-14-8-2/h25-32,35-36H,7-24,33-34H2,1-6H3. The minimum atomic E-state index is -2.48. The van der Waals surface area contributed by atoms with Gasteiger partial charge in [0.15, 0.2) is 0 Å². The van der Waals surface area contributed by atoms with Gasteiger partial charge in [-0.25, -0.2) is 8.78 Å². The van der Waals surface area contributed by atoms with Crippen LogP contribution >= 0.6 is 68.8 Å². The van der Waals surface area contributed by atoms with E-state index >= 15 is 8.78 Å². The lowest BCUT2D eigenvalue weighted by Gasteiger charge is -2.35. The second-order valence-corrected chi connectivity index (χ2v) is 29.2. The van der Waals surface area contributed by atoms with Crippen molar-refractivity contribution in [2.75, 3.05) is 0 Å². The molecular formula is C56H68F2N4S6Si. The quantitative estimate of drug-likeness (QED) is 0.0401. The van der Waals surface area contributed by atoms with Gasteiger partial charge in [0.2, 0.25) is 0 Å². The molecule has 2 atom stereocenters. The SMILES string of the molecule is CCCCCCc1ccc(-c2c(F)cc(-c3cc4c(s3)-c3sc(-c5cc(F)c(-c6ccc(CCCCCC)s6)c6nsnc56)cc3[Si]4(CC(CC)CCCC)CC(CC)CCCC)c3nsnc23)s1. The topological polar surface area (TPSA) is 51.6 Å². The predicted molar refractivity (Wildman–Crippen MR) is 304 cm³/mol. The van der Waals surface area contributed by atoms with Crippen molar-refractivity contribution in [3.63, 3.8) is 0 Å². The van der Waals surface area contributed by atoms with E-state index in [9.17, 15) is 0 Å². The third-order valence-electron chi connectivity index (χ3n) is 14.9. The molecule has 0 bridgehead atoms. The van der Waals surface area contributed by atoms with E-state index < -0.39 is 8.07 Å². The maximum Gasteiger partial charge on any atom is 0.134 e. The summed E-state index contributed by atoms with van der Waals surface area (Å²) >= 11 is 9.40. The van der Waals surface area contributed by atoms with Crippen LogP contribution in [0.15, 0.2) is 48.5 Å². The van der Waals surface area contributed by atoms with Crippen molar-refractivity contribution < 1.29 is 8.78 Å². The van der Waals surface area contributed by atoms with Gasteiger partial charge in [0.25, 0.3) is 0 Å². The molecule has 2 aromatic carbocycles. The maximum atomic E-state index is 16.9. The molecule has 0 spiro atoms. The molecule has 69 heavy (non-hydrogen) atoms. The van der Waals surface area contributed by atoms with Gasteiger partial charge in [-0.05, 0) is 109 Å². The van der Waals surface area contributed by atoms with Gasteiger partial charge < -0.3 is 0 Å². The Morgan fingerprint density at radius 3 is 1.29 bits per heavy atom. The molecule has 0 saturated heterocycles. The number of unbranched alkanes of at least 4 members (excludes halogenated alkanes) is 8. The highest BCUT2D eigenvalue weighted by molar-refractivity contribution is 7.31. The Morgan fingerprint density at radius 1 is 0.464 bits per heavy atom. The van der Waals surface area contributed by atoms with Gasteiger partial charge in [-0.2, -0.15) is 17.5 Å². The first-order valence-corrected chi connectivity index (χ1v) is 33.3. The zero-order valence-electron chi connectivity index (χ0n) is 41.4. The molecule has 2 unspecified atom stereocenters. The summed E-state index contributed by atoms with van der Waals surface area (Å²) in [7, 11) is -2.48. The normalized spacial score (nSPS) is 14.1. The lowest BCUT2D eigenvalue weighted by atomic mass is 10.0. The highest BCUT2D eigenvalue weighted by atomic mass is 32.1. The molecule has 1 aliphatic rings. The van der Waals surface area contributed by atoms with Crippen LogP contribution in [0, 0.1) is 23.5 Å². The van der Waals surface area contributed by atoms with Crippen molar-refractivity contribution in [1.82, 2.24) is 17.5 Å². The Hall–Kier alpha value is -3.04. The third kappa shape index (κ3) is 10.5. The Bertz CT molecular complexity index is 2770. The molecule has 1 aliphatic heterocycles. The minimum absolute atomic E-state index is 0.228. The minimum Gasteiger partial charge on any atom is -0.206 e. The summed E-state index contributed by atoms with van der Waals surface area (Å²) in [5.74, 6) is 0.754. The van der Waals surface area contributed by atoms with Gasteiger partial charge in [-0.1, -0.05) is 131 Å². The van der Waals surface area contributed by atoms with Crippen LogP contribution in [0.3, 0.4) is 0 Å². The zero-order valence-corrected chi connectivity index (χ0v) is 47.3. The van der Waals surface area contributed by atoms with Crippen LogP contribution in [0.2, 0.25) is 12.1 Å². The molecule has 0 N–H and O–H groups in total. The first kappa shape index (κ1) is 50.9. The van der Waals surface area contributed by atoms with E-state index in [1.54, 1.807) is 34.8 Å². The van der Waals surface area contributed by atoms with Crippen molar-refractivity contribution >= 4 is 109 Å². The van der Waals surface area contributed by atoms with Crippen LogP contribution in [-0.4, -0.2) is 25.6 Å². The second-order valence-electron chi connectivity index (χ2n) is 19.7. The highest BCUT2D eigenvalue weighted by Gasteiger charge is 2.50. The molecular weight excluding hydrogens is 987 g/mol. The van der Waals surface area contributed by atoms with E-state index in [0.717, 1.165) is 80.2 Å². The number of fused-ring (bicyclic) bond motifs is 5. The van der Waals surface area contributed by atoms with Crippen molar-refractivity contribution in [2.45, 2.75) is 169 Å². The van der Waals surface area contributed by atoms with Crippen LogP contribution in [0.4, 0.5) is 8.78 Å². The molecule has 0 amide bonds. The highest BCUT2D eigenvalue weighted by Crippen LogP contribution is 2.51. The zero-order chi connectivity index (χ0) is 48.1. The van der Waals surface area contributed by atoms with Crippen molar-refractivity contribution in [2.24, 2.45) is 11.8 Å². The number of nitrogens with zero attached hydrogens (tertiary/aromatic N) is 4. The smallest absolute Gasteiger partial charge is 0.134 e. The predicted octanol–water partition coefficient (Wildman–Crippen LogP) is 19.1. The summed E-state index contributed by atoms with van der Waals surface area (Å²) in [6.07, 6.45) is 21.3. The van der Waals surface area contributed by atoms with Crippen molar-refractivity contribution in [1.29, 1.82) is 0 Å². The molecule has 6 aromatic heterocycles. The molecule has 0 radical (unpaired) electrons. The summed E-state index contributed by atoms with van der Waals surface area (Å²) in [6, 6.07) is 19.4. The number of aryl methyl sites for hydroxylation is 2. The Kier molecular flexibility index (Phi) is 17.1. The number of rotatable bonds is 26. The molecule has 7 heterocycles. The van der Waals surface area contributed by atoms with Crippen LogP contribution in [0.25, 0.3) is 73.6 Å². The van der Waals surface area contributed by atoms with E-state index in [1.807, 2.05) is 22.7 Å². The summed E-state index contributed by atoms with van der Waals surface area (Å²) < 4.78 is 53.3. The first-order valence-electron chi connectivity index (χ1n) is 26.1. The molecule has 8 aromatic rings. The summed E-state index contributed by atoms with van der Waals surface area (Å²) in [5.41, 5.74) is 5.77. The molecule has 0 saturated carbocycles. The number of hydrogen-bond acceptors (Lipinski definition) is 10. The average molecular weight is 1060 g/mol. The number of halogens is 2. The van der Waals surface area contributed by atoms with Crippen LogP contribution < -0.4 is 10.4 Å². The molecule has 366 valence electrons. The fourth-order valence-electron chi connectivity index (χ4n) is 11.0. The lowest BCUT2D eigenvalue weighted by molar-refractivity contribution is 0.469. The second kappa shape index (κ2) is 23.2. The average Bonchev–Trinajstić information content (AvgIpc) is 4.22. The molecule has 13 heteroatoms. The first-order chi connectivity index (χ1) is 33.7. The van der Waals surface area contributed by atoms with Gasteiger partial charge in [0.1, 0.15) is 41.8 Å². The van der Waals surface area contributed by atoms with Crippen LogP contribution in [0.1, 0.15) is 154 Å². The summed E-state index contributed by atoms with van der Waals surface area (Å²) in [5, 5.41) is 3.05. The Labute approximate surface area is 434 Å². The van der Waals surface area contributed by atoms with Crippen LogP contribution in [-0.2, 0) is 12.8 Å². The molecule has 0 fully saturated rings. The third-order valence-corrected chi connectivity index (χ3v) is 26.6. The van der Waals surface area contributed by atoms with Gasteiger partial charge in [0.05, 0.1) is 34.6 Å². The van der Waals surface area contributed by atoms with Crippen LogP contribution in [0.5, 0.6) is 0 Å². The van der Waals surface area contributed by atoms with Gasteiger partial charge >= 0.3 is 0 Å². The van der Waals surface area contributed by atoms with Crippen molar-refractivity contribution in [3.05, 3.63) is 69.9 Å². The summed E-state index contributed by atoms with van der Waals surface area (Å²) in [6.45, 7) is 13.9. The van der Waals surface area contributed by atoms with Gasteiger partial charge in [-0.3, -0.25) is 0 Å². The van der Waals surface area contributed by atoms with E-state index in [2.05, 4.69) is 77.9 Å². The molecule has 0 aliphatic carbocycles. The van der Waals surface area contributed by atoms with E-state index in [0.29, 0.717) is 34.0 Å². The fraction of sp³-hybridized carbons (Fsp3) is 0.500. The van der Waals surface area contributed by atoms with E-state index in [1.165, 1.54) is 142 Å². The Balaban J connectivity index is 1.17. The Morgan fingerprint density at radius 2 is 0.884 bits per heavy atom. The number of thiophene rings is 4. The van der Waals surface area contributed by atoms with E-state index in [-0.39, 0.29) is 11.6 Å². The summed E-state index contributed by atoms with van der Waals surface area (Å²) in [4.78, 5) is 9.28. The van der Waals surface area contributed by atoms with E-state index in [4.69, 9.17) is 17.5 Å². The van der Waals surface area contributed by atoms with Crippen molar-refractivity contribution in [3.8, 4) is 51.5 Å². The number of benzene rings is 2. The van der Waals surface area contributed by atoms with Gasteiger partial charge in [0, 0.05) is 50.1 Å².